The van der Waals surface area contributed by atoms with E-state index in [1.54, 1.807) is 0 Å². The molecule has 2 fully saturated rings. The molecule has 2 aliphatic rings. The number of nitrogens with two attached hydrogens (primary N) is 1. The van der Waals surface area contributed by atoms with Gasteiger partial charge in [-0.2, -0.15) is 0 Å². The predicted molar refractivity (Wildman–Crippen MR) is 68.6 cm³/mol. The first-order chi connectivity index (χ1) is 8.31. The molecule has 0 bridgehead atoms. The summed E-state index contributed by atoms with van der Waals surface area (Å²) in [5, 5.41) is 3.03. The lowest BCUT2D eigenvalue weighted by atomic mass is 9.92. The van der Waals surface area contributed by atoms with Crippen LogP contribution in [0.2, 0.25) is 0 Å². The first-order valence-corrected chi connectivity index (χ1v) is 7.03. The molecular weight excluding hydrogens is 214 g/mol. The summed E-state index contributed by atoms with van der Waals surface area (Å²) in [4.78, 5) is 14.3. The highest BCUT2D eigenvalue weighted by atomic mass is 16.2. The van der Waals surface area contributed by atoms with Gasteiger partial charge in [-0.25, -0.2) is 0 Å². The minimum Gasteiger partial charge on any atom is -0.355 e. The highest BCUT2D eigenvalue weighted by Crippen LogP contribution is 2.23. The topological polar surface area (TPSA) is 58.4 Å². The summed E-state index contributed by atoms with van der Waals surface area (Å²) in [6.45, 7) is 3.80. The molecule has 1 atom stereocenters. The number of nitrogens with one attached hydrogen (secondary N) is 1. The SMILES string of the molecule is NCCC1CCN(C2CCCCNC2=O)CC1. The Hall–Kier alpha value is -0.610. The zero-order valence-corrected chi connectivity index (χ0v) is 10.7. The fraction of sp³-hybridized carbons (Fsp3) is 0.923. The molecule has 0 spiro atoms. The predicted octanol–water partition coefficient (Wildman–Crippen LogP) is 0.716. The summed E-state index contributed by atoms with van der Waals surface area (Å²) < 4.78 is 0. The third-order valence-corrected chi connectivity index (χ3v) is 4.17. The Bertz CT molecular complexity index is 249. The van der Waals surface area contributed by atoms with Crippen molar-refractivity contribution in [3.8, 4) is 0 Å². The van der Waals surface area contributed by atoms with Gasteiger partial charge >= 0.3 is 0 Å². The van der Waals surface area contributed by atoms with Gasteiger partial charge in [-0.1, -0.05) is 0 Å². The highest BCUT2D eigenvalue weighted by Gasteiger charge is 2.29. The summed E-state index contributed by atoms with van der Waals surface area (Å²) in [6, 6.07) is 0.135. The Morgan fingerprint density at radius 2 is 2.00 bits per heavy atom. The molecule has 0 radical (unpaired) electrons. The number of nitrogens with zero attached hydrogens (tertiary/aromatic N) is 1. The molecule has 17 heavy (non-hydrogen) atoms. The van der Waals surface area contributed by atoms with Crippen LogP contribution in [0.3, 0.4) is 0 Å². The van der Waals surface area contributed by atoms with Crippen molar-refractivity contribution in [3.05, 3.63) is 0 Å². The van der Waals surface area contributed by atoms with Crippen LogP contribution in [0.25, 0.3) is 0 Å². The van der Waals surface area contributed by atoms with Crippen LogP contribution in [0.5, 0.6) is 0 Å². The van der Waals surface area contributed by atoms with Gasteiger partial charge < -0.3 is 11.1 Å². The van der Waals surface area contributed by atoms with E-state index in [9.17, 15) is 4.79 Å². The second-order valence-corrected chi connectivity index (χ2v) is 5.36. The Kier molecular flexibility index (Phi) is 4.80. The molecule has 2 heterocycles. The van der Waals surface area contributed by atoms with Crippen molar-refractivity contribution in [2.24, 2.45) is 11.7 Å². The smallest absolute Gasteiger partial charge is 0.237 e. The average Bonchev–Trinajstić information content (AvgIpc) is 2.56. The Morgan fingerprint density at radius 1 is 1.24 bits per heavy atom. The fourth-order valence-electron chi connectivity index (χ4n) is 3.06. The molecule has 2 rings (SSSR count). The van der Waals surface area contributed by atoms with Gasteiger partial charge in [0, 0.05) is 6.54 Å². The second kappa shape index (κ2) is 6.36. The molecule has 0 aromatic carbocycles. The van der Waals surface area contributed by atoms with Gasteiger partial charge in [-0.15, -0.1) is 0 Å². The number of piperidine rings is 1. The Balaban J connectivity index is 1.84. The molecule has 1 unspecified atom stereocenters. The standard InChI is InChI=1S/C13H25N3O/c14-7-4-11-5-9-16(10-6-11)12-3-1-2-8-15-13(12)17/h11-12H,1-10,14H2,(H,15,17). The van der Waals surface area contributed by atoms with Crippen molar-refractivity contribution in [2.45, 2.75) is 44.6 Å². The third-order valence-electron chi connectivity index (χ3n) is 4.17. The summed E-state index contributed by atoms with van der Waals surface area (Å²) in [5.41, 5.74) is 5.60. The molecule has 3 N–H and O–H groups in total. The molecule has 4 nitrogen and oxygen atoms in total. The monoisotopic (exact) mass is 239 g/mol. The van der Waals surface area contributed by atoms with Crippen molar-refractivity contribution in [1.29, 1.82) is 0 Å². The lowest BCUT2D eigenvalue weighted by Gasteiger charge is -2.36. The molecular formula is C13H25N3O. The molecule has 2 saturated heterocycles. The van der Waals surface area contributed by atoms with E-state index in [4.69, 9.17) is 5.73 Å². The molecule has 0 aliphatic carbocycles. The zero-order valence-electron chi connectivity index (χ0n) is 10.7. The van der Waals surface area contributed by atoms with Gasteiger partial charge in [0.15, 0.2) is 0 Å². The normalized spacial score (nSPS) is 28.8. The van der Waals surface area contributed by atoms with Gasteiger partial charge in [0.25, 0.3) is 0 Å². The molecule has 0 saturated carbocycles. The van der Waals surface area contributed by atoms with Crippen LogP contribution >= 0.6 is 0 Å². The van der Waals surface area contributed by atoms with Crippen LogP contribution in [0.4, 0.5) is 0 Å². The quantitative estimate of drug-likeness (QED) is 0.763. The van der Waals surface area contributed by atoms with E-state index in [2.05, 4.69) is 10.2 Å². The van der Waals surface area contributed by atoms with E-state index in [1.807, 2.05) is 0 Å². The molecule has 1 amide bonds. The van der Waals surface area contributed by atoms with E-state index in [-0.39, 0.29) is 11.9 Å². The van der Waals surface area contributed by atoms with Gasteiger partial charge in [0.2, 0.25) is 5.91 Å². The average molecular weight is 239 g/mol. The Labute approximate surface area is 104 Å². The van der Waals surface area contributed by atoms with Crippen LogP contribution in [-0.4, -0.2) is 43.0 Å². The van der Waals surface area contributed by atoms with Gasteiger partial charge in [-0.05, 0) is 64.1 Å². The van der Waals surface area contributed by atoms with Crippen LogP contribution in [0.1, 0.15) is 38.5 Å². The molecule has 2 aliphatic heterocycles. The van der Waals surface area contributed by atoms with Crippen molar-refractivity contribution >= 4 is 5.91 Å². The number of hydrogen-bond acceptors (Lipinski definition) is 3. The highest BCUT2D eigenvalue weighted by molar-refractivity contribution is 5.81. The van der Waals surface area contributed by atoms with Gasteiger partial charge in [0.1, 0.15) is 0 Å². The lowest BCUT2D eigenvalue weighted by Crippen LogP contribution is -2.49. The van der Waals surface area contributed by atoms with Gasteiger partial charge in [0.05, 0.1) is 6.04 Å². The largest absolute Gasteiger partial charge is 0.355 e. The number of rotatable bonds is 3. The molecule has 0 aromatic rings. The summed E-state index contributed by atoms with van der Waals surface area (Å²) in [5.74, 6) is 1.03. The van der Waals surface area contributed by atoms with E-state index >= 15 is 0 Å². The fourth-order valence-corrected chi connectivity index (χ4v) is 3.06. The number of likely N-dealkylation sites (tertiary alicyclic amines) is 1. The number of carbonyl (C=O) groups is 1. The molecule has 98 valence electrons. The summed E-state index contributed by atoms with van der Waals surface area (Å²) in [6.07, 6.45) is 6.90. The van der Waals surface area contributed by atoms with Crippen LogP contribution in [0.15, 0.2) is 0 Å². The van der Waals surface area contributed by atoms with E-state index in [0.717, 1.165) is 51.4 Å². The minimum absolute atomic E-state index is 0.135. The number of amides is 1. The van der Waals surface area contributed by atoms with Crippen molar-refractivity contribution < 1.29 is 4.79 Å². The van der Waals surface area contributed by atoms with Crippen LogP contribution < -0.4 is 11.1 Å². The van der Waals surface area contributed by atoms with Crippen molar-refractivity contribution in [3.63, 3.8) is 0 Å². The third kappa shape index (κ3) is 3.42. The molecule has 4 heteroatoms. The van der Waals surface area contributed by atoms with Crippen LogP contribution in [0, 0.1) is 5.92 Å². The van der Waals surface area contributed by atoms with Gasteiger partial charge in [-0.3, -0.25) is 9.69 Å². The molecule has 0 aromatic heterocycles. The maximum Gasteiger partial charge on any atom is 0.237 e. The van der Waals surface area contributed by atoms with Crippen LogP contribution in [-0.2, 0) is 4.79 Å². The summed E-state index contributed by atoms with van der Waals surface area (Å²) >= 11 is 0. The first kappa shape index (κ1) is 12.8. The van der Waals surface area contributed by atoms with Crippen molar-refractivity contribution in [2.75, 3.05) is 26.2 Å². The Morgan fingerprint density at radius 3 is 2.71 bits per heavy atom. The van der Waals surface area contributed by atoms with E-state index < -0.39 is 0 Å². The first-order valence-electron chi connectivity index (χ1n) is 7.03. The number of hydrogen-bond donors (Lipinski definition) is 2. The summed E-state index contributed by atoms with van der Waals surface area (Å²) in [7, 11) is 0. The lowest BCUT2D eigenvalue weighted by molar-refractivity contribution is -0.126. The second-order valence-electron chi connectivity index (χ2n) is 5.36. The van der Waals surface area contributed by atoms with Crippen molar-refractivity contribution in [1.82, 2.24) is 10.2 Å². The minimum atomic E-state index is 0.135. The van der Waals surface area contributed by atoms with E-state index in [1.165, 1.54) is 19.3 Å². The maximum absolute atomic E-state index is 11.9. The number of carbonyl (C=O) groups excluding carboxylic acids is 1. The zero-order chi connectivity index (χ0) is 12.1. The maximum atomic E-state index is 11.9. The van der Waals surface area contributed by atoms with E-state index in [0.29, 0.717) is 0 Å².